The van der Waals surface area contributed by atoms with E-state index in [4.69, 9.17) is 0 Å². The van der Waals surface area contributed by atoms with Crippen LogP contribution < -0.4 is 4.90 Å². The van der Waals surface area contributed by atoms with Gasteiger partial charge in [0.1, 0.15) is 0 Å². The van der Waals surface area contributed by atoms with Gasteiger partial charge in [0, 0.05) is 11.1 Å². The van der Waals surface area contributed by atoms with Crippen LogP contribution in [0.3, 0.4) is 0 Å². The van der Waals surface area contributed by atoms with Crippen LogP contribution in [0.15, 0.2) is 42.5 Å². The largest absolute Gasteiger partial charge is 0.309 e. The summed E-state index contributed by atoms with van der Waals surface area (Å²) in [6.07, 6.45) is 3.03. The maximum absolute atomic E-state index is 11.5. The van der Waals surface area contributed by atoms with Gasteiger partial charge in [0.25, 0.3) is 0 Å². The highest BCUT2D eigenvalue weighted by Gasteiger charge is 2.14. The molecule has 104 valence electrons. The van der Waals surface area contributed by atoms with Gasteiger partial charge >= 0.3 is 0 Å². The number of hydrogen-bond donors (Lipinski definition) is 0. The van der Waals surface area contributed by atoms with Gasteiger partial charge in [0.15, 0.2) is 0 Å². The molecule has 1 heterocycles. The summed E-state index contributed by atoms with van der Waals surface area (Å²) in [5.41, 5.74) is 5.18. The first-order chi connectivity index (χ1) is 10.3. The van der Waals surface area contributed by atoms with Crippen LogP contribution in [-0.4, -0.2) is 6.41 Å². The molecule has 1 amide bonds. The Kier molecular flexibility index (Phi) is 3.75. The van der Waals surface area contributed by atoms with Crippen molar-refractivity contribution < 1.29 is 4.79 Å². The lowest BCUT2D eigenvalue weighted by atomic mass is 10.0. The number of amides is 1. The Morgan fingerprint density at radius 3 is 2.76 bits per heavy atom. The van der Waals surface area contributed by atoms with Gasteiger partial charge in [-0.05, 0) is 35.7 Å². The predicted octanol–water partition coefficient (Wildman–Crippen LogP) is 3.52. The molecule has 0 fully saturated rings. The van der Waals surface area contributed by atoms with Gasteiger partial charge < -0.3 is 4.90 Å². The number of carbonyl (C=O) groups is 1. The van der Waals surface area contributed by atoms with Crippen molar-refractivity contribution in [3.8, 4) is 11.8 Å². The molecule has 0 saturated carbocycles. The van der Waals surface area contributed by atoms with Gasteiger partial charge in [-0.2, -0.15) is 0 Å². The van der Waals surface area contributed by atoms with E-state index >= 15 is 0 Å². The van der Waals surface area contributed by atoms with E-state index in [0.717, 1.165) is 41.6 Å². The highest BCUT2D eigenvalue weighted by atomic mass is 16.1. The number of anilines is 1. The average molecular weight is 275 g/mol. The molecule has 0 atom stereocenters. The first-order valence-corrected chi connectivity index (χ1v) is 7.26. The molecule has 0 spiro atoms. The van der Waals surface area contributed by atoms with Crippen LogP contribution in [0.1, 0.15) is 35.6 Å². The minimum Gasteiger partial charge on any atom is -0.309 e. The first kappa shape index (κ1) is 13.5. The van der Waals surface area contributed by atoms with Crippen molar-refractivity contribution in [3.05, 3.63) is 64.7 Å². The molecular weight excluding hydrogens is 258 g/mol. The van der Waals surface area contributed by atoms with Gasteiger partial charge in [0.05, 0.1) is 12.2 Å². The third-order valence-electron chi connectivity index (χ3n) is 3.73. The SMILES string of the molecule is CCCc1ccc2c(c1)C#Cc1ccccc1CN2C=O. The molecule has 2 aromatic rings. The fraction of sp³-hybridized carbons (Fsp3) is 0.211. The summed E-state index contributed by atoms with van der Waals surface area (Å²) in [5.74, 6) is 6.48. The Morgan fingerprint density at radius 1 is 1.14 bits per heavy atom. The number of carbonyl (C=O) groups excluding carboxylic acids is 1. The summed E-state index contributed by atoms with van der Waals surface area (Å²) in [6, 6.07) is 14.2. The van der Waals surface area contributed by atoms with E-state index in [2.05, 4.69) is 30.9 Å². The zero-order valence-corrected chi connectivity index (χ0v) is 12.1. The standard InChI is InChI=1S/C19H17NO/c1-2-5-15-8-11-19-17(12-15)10-9-16-6-3-4-7-18(16)13-20(19)14-21/h3-4,6-8,11-12,14H,2,5,13H2,1H3. The quantitative estimate of drug-likeness (QED) is 0.620. The number of nitrogens with zero attached hydrogens (tertiary/aromatic N) is 1. The molecule has 0 aliphatic carbocycles. The lowest BCUT2D eigenvalue weighted by Gasteiger charge is -2.22. The highest BCUT2D eigenvalue weighted by Crippen LogP contribution is 2.25. The molecule has 0 unspecified atom stereocenters. The van der Waals surface area contributed by atoms with E-state index in [0.29, 0.717) is 6.54 Å². The normalized spacial score (nSPS) is 12.3. The number of fused-ring (bicyclic) bond motifs is 2. The van der Waals surface area contributed by atoms with E-state index in [1.54, 1.807) is 4.90 Å². The second kappa shape index (κ2) is 5.85. The van der Waals surface area contributed by atoms with Crippen LogP contribution in [0.5, 0.6) is 0 Å². The zero-order chi connectivity index (χ0) is 14.7. The topological polar surface area (TPSA) is 20.3 Å². The van der Waals surface area contributed by atoms with Crippen LogP contribution in [-0.2, 0) is 17.8 Å². The minimum atomic E-state index is 0.564. The lowest BCUT2D eigenvalue weighted by molar-refractivity contribution is -0.107. The molecule has 0 N–H and O–H groups in total. The van der Waals surface area contributed by atoms with Crippen molar-refractivity contribution in [3.63, 3.8) is 0 Å². The van der Waals surface area contributed by atoms with E-state index in [1.165, 1.54) is 5.56 Å². The number of benzene rings is 2. The third kappa shape index (κ3) is 2.68. The van der Waals surface area contributed by atoms with Crippen molar-refractivity contribution in [1.82, 2.24) is 0 Å². The molecule has 2 nitrogen and oxygen atoms in total. The molecule has 2 aromatic carbocycles. The molecule has 0 aromatic heterocycles. The van der Waals surface area contributed by atoms with Gasteiger partial charge in [-0.15, -0.1) is 0 Å². The number of hydrogen-bond acceptors (Lipinski definition) is 1. The van der Waals surface area contributed by atoms with Gasteiger partial charge in [-0.1, -0.05) is 49.5 Å². The van der Waals surface area contributed by atoms with E-state index < -0.39 is 0 Å². The van der Waals surface area contributed by atoms with Crippen molar-refractivity contribution in [2.75, 3.05) is 4.90 Å². The van der Waals surface area contributed by atoms with Crippen molar-refractivity contribution in [2.24, 2.45) is 0 Å². The Labute approximate surface area is 125 Å². The Morgan fingerprint density at radius 2 is 1.95 bits per heavy atom. The summed E-state index contributed by atoms with van der Waals surface area (Å²) in [5, 5.41) is 0. The molecule has 0 radical (unpaired) electrons. The summed E-state index contributed by atoms with van der Waals surface area (Å²) in [6.45, 7) is 2.73. The maximum atomic E-state index is 11.5. The zero-order valence-electron chi connectivity index (χ0n) is 12.1. The van der Waals surface area contributed by atoms with Crippen LogP contribution in [0.4, 0.5) is 5.69 Å². The molecule has 2 heteroatoms. The summed E-state index contributed by atoms with van der Waals surface area (Å²) < 4.78 is 0. The third-order valence-corrected chi connectivity index (χ3v) is 3.73. The Bertz CT molecular complexity index is 737. The average Bonchev–Trinajstić information content (AvgIpc) is 2.50. The smallest absolute Gasteiger partial charge is 0.214 e. The number of rotatable bonds is 3. The fourth-order valence-electron chi connectivity index (χ4n) is 2.66. The van der Waals surface area contributed by atoms with Gasteiger partial charge in [-0.3, -0.25) is 4.79 Å². The Balaban J connectivity index is 2.14. The second-order valence-corrected chi connectivity index (χ2v) is 5.24. The predicted molar refractivity (Wildman–Crippen MR) is 85.1 cm³/mol. The van der Waals surface area contributed by atoms with Crippen LogP contribution in [0.2, 0.25) is 0 Å². The molecular formula is C19H17NO. The van der Waals surface area contributed by atoms with Gasteiger partial charge in [0.2, 0.25) is 6.41 Å². The van der Waals surface area contributed by atoms with Crippen molar-refractivity contribution >= 4 is 12.1 Å². The highest BCUT2D eigenvalue weighted by molar-refractivity contribution is 5.80. The van der Waals surface area contributed by atoms with E-state index in [1.807, 2.05) is 30.3 Å². The Hall–Kier alpha value is -2.53. The van der Waals surface area contributed by atoms with E-state index in [-0.39, 0.29) is 0 Å². The summed E-state index contributed by atoms with van der Waals surface area (Å²) in [7, 11) is 0. The molecule has 1 aliphatic rings. The van der Waals surface area contributed by atoms with Crippen LogP contribution in [0.25, 0.3) is 0 Å². The van der Waals surface area contributed by atoms with Crippen molar-refractivity contribution in [2.45, 2.75) is 26.3 Å². The molecule has 21 heavy (non-hydrogen) atoms. The summed E-state index contributed by atoms with van der Waals surface area (Å²) in [4.78, 5) is 13.2. The van der Waals surface area contributed by atoms with Crippen molar-refractivity contribution in [1.29, 1.82) is 0 Å². The van der Waals surface area contributed by atoms with E-state index in [9.17, 15) is 4.79 Å². The van der Waals surface area contributed by atoms with Gasteiger partial charge in [-0.25, -0.2) is 0 Å². The summed E-state index contributed by atoms with van der Waals surface area (Å²) >= 11 is 0. The minimum absolute atomic E-state index is 0.564. The molecule has 1 aliphatic heterocycles. The monoisotopic (exact) mass is 275 g/mol. The fourth-order valence-corrected chi connectivity index (χ4v) is 2.66. The lowest BCUT2D eigenvalue weighted by Crippen LogP contribution is -2.22. The van der Waals surface area contributed by atoms with Crippen LogP contribution in [0, 0.1) is 11.8 Å². The van der Waals surface area contributed by atoms with Crippen LogP contribution >= 0.6 is 0 Å². The molecule has 0 saturated heterocycles. The first-order valence-electron chi connectivity index (χ1n) is 7.26. The second-order valence-electron chi connectivity index (χ2n) is 5.24. The maximum Gasteiger partial charge on any atom is 0.214 e. The molecule has 3 rings (SSSR count). The number of aryl methyl sites for hydroxylation is 1. The molecule has 0 bridgehead atoms.